The summed E-state index contributed by atoms with van der Waals surface area (Å²) in [7, 11) is 0. The van der Waals surface area contributed by atoms with Crippen molar-refractivity contribution in [2.45, 2.75) is 490 Å². The Hall–Kier alpha value is -4.30. The van der Waals surface area contributed by atoms with E-state index in [0.29, 0.717) is 24.7 Å². The maximum Gasteiger partial charge on any atom is 0.345 e. The smallest absolute Gasteiger partial charge is 0.345 e. The Bertz CT molecular complexity index is 3180. The average Bonchev–Trinajstić information content (AvgIpc) is 1.56. The van der Waals surface area contributed by atoms with E-state index in [1.54, 1.807) is 0 Å². The molecule has 4 aliphatic heterocycles. The van der Waals surface area contributed by atoms with Crippen LogP contribution < -0.4 is 19.3 Å². The number of unbranched alkanes of at least 4 members (excludes halogenated alkanes) is 60. The van der Waals surface area contributed by atoms with Crippen molar-refractivity contribution in [3.05, 3.63) is 78.7 Å². The van der Waals surface area contributed by atoms with E-state index in [-0.39, 0.29) is 80.5 Å². The molecule has 0 radical (unpaired) electrons. The zero-order valence-corrected chi connectivity index (χ0v) is 79.6. The molecule has 120 heavy (non-hydrogen) atoms. The molecule has 0 fully saturated rings. The Morgan fingerprint density at radius 3 is 0.658 bits per heavy atom. The van der Waals surface area contributed by atoms with E-state index in [1.165, 1.54) is 407 Å². The molecule has 4 aliphatic rings. The lowest BCUT2D eigenvalue weighted by Gasteiger charge is -2.21. The molecular formula is C106H166Br2F4N2O6. The normalized spacial score (nSPS) is 15.0. The summed E-state index contributed by atoms with van der Waals surface area (Å²) in [6.07, 6.45) is 91.3. The van der Waals surface area contributed by atoms with Crippen molar-refractivity contribution in [2.75, 3.05) is 22.9 Å². The van der Waals surface area contributed by atoms with Gasteiger partial charge in [-0.05, 0) is 93.6 Å². The average molecular weight is 1800 g/mol. The Kier molecular flexibility index (Phi) is 53.8. The molecule has 0 N–H and O–H groups in total. The molecular weight excluding hydrogens is 1630 g/mol. The third kappa shape index (κ3) is 36.2. The number of hydrogen-bond acceptors (Lipinski definition) is 6. The number of rotatable bonds is 76. The van der Waals surface area contributed by atoms with Gasteiger partial charge in [-0.15, -0.1) is 0 Å². The number of benzene rings is 3. The van der Waals surface area contributed by atoms with Crippen LogP contribution in [0.5, 0.6) is 11.5 Å². The first-order valence-corrected chi connectivity index (χ1v) is 52.5. The number of halogens is 6. The van der Waals surface area contributed by atoms with Gasteiger partial charge in [-0.1, -0.05) is 464 Å². The van der Waals surface area contributed by atoms with Crippen molar-refractivity contribution >= 4 is 89.3 Å². The molecule has 0 bridgehead atoms. The lowest BCUT2D eigenvalue weighted by molar-refractivity contribution is -0.127. The van der Waals surface area contributed by atoms with Crippen molar-refractivity contribution in [1.82, 2.24) is 0 Å². The van der Waals surface area contributed by atoms with Gasteiger partial charge in [0.15, 0.2) is 11.6 Å². The number of carbonyl (C=O) groups is 4. The minimum absolute atomic E-state index is 0.0601. The molecule has 678 valence electrons. The summed E-state index contributed by atoms with van der Waals surface area (Å²) in [6, 6.07) is 4.92. The third-order valence-corrected chi connectivity index (χ3v) is 28.5. The van der Waals surface area contributed by atoms with E-state index >= 15 is 27.2 Å². The number of nitrogens with zero attached hydrogens (tertiary/aromatic N) is 2. The van der Waals surface area contributed by atoms with E-state index in [2.05, 4.69) is 59.6 Å². The first-order chi connectivity index (χ1) is 58.8. The number of fused-ring (bicyclic) bond motifs is 4. The topological polar surface area (TPSA) is 93.2 Å². The Morgan fingerprint density at radius 2 is 0.450 bits per heavy atom. The van der Waals surface area contributed by atoms with Crippen molar-refractivity contribution in [3.63, 3.8) is 0 Å². The first kappa shape index (κ1) is 103. The number of esters is 2. The highest BCUT2D eigenvalue weighted by atomic mass is 79.9. The number of ether oxygens (including phenoxy) is 2. The lowest BCUT2D eigenvalue weighted by atomic mass is 9.90. The molecule has 0 unspecified atom stereocenters. The second-order valence-corrected chi connectivity index (χ2v) is 38.8. The quantitative estimate of drug-likeness (QED) is 0.0140. The molecule has 14 heteroatoms. The largest absolute Gasteiger partial charge is 0.422 e. The van der Waals surface area contributed by atoms with Crippen LogP contribution in [0.3, 0.4) is 0 Å². The number of anilines is 2. The summed E-state index contributed by atoms with van der Waals surface area (Å²) in [5.41, 5.74) is -1.26. The maximum atomic E-state index is 16.8. The van der Waals surface area contributed by atoms with Crippen LogP contribution >= 0.6 is 31.9 Å². The van der Waals surface area contributed by atoms with Crippen molar-refractivity contribution < 1.29 is 46.2 Å². The number of hydrogen-bond donors (Lipinski definition) is 0. The van der Waals surface area contributed by atoms with Crippen LogP contribution in [-0.2, 0) is 19.2 Å². The van der Waals surface area contributed by atoms with Crippen LogP contribution in [0.2, 0.25) is 0 Å². The lowest BCUT2D eigenvalue weighted by Crippen LogP contribution is -2.29. The van der Waals surface area contributed by atoms with Gasteiger partial charge < -0.3 is 19.3 Å². The molecule has 0 aromatic heterocycles. The maximum absolute atomic E-state index is 16.8. The summed E-state index contributed by atoms with van der Waals surface area (Å²) in [6.45, 7) is 9.38. The van der Waals surface area contributed by atoms with Crippen LogP contribution in [-0.4, -0.2) is 36.8 Å². The fourth-order valence-corrected chi connectivity index (χ4v) is 20.3. The molecule has 0 aliphatic carbocycles. The molecule has 3 aromatic rings. The highest BCUT2D eigenvalue weighted by molar-refractivity contribution is 9.10. The molecule has 0 spiro atoms. The number of carbonyl (C=O) groups excluding carboxylic acids is 4. The van der Waals surface area contributed by atoms with E-state index in [0.717, 1.165) is 76.3 Å². The Balaban J connectivity index is 0.989. The standard InChI is InChI=1S/C106H166Br2F4N2O6/c1-5-9-13-17-21-25-29-33-37-41-45-49-53-57-61-65-71-83(72-66-62-58-54-50-46-42-38-34-30-26-22-18-14-10-6-2)75-69-77-113-101-87(79-89(109)97(107)99(101)111)93(103(113)115)95-85-81-92-86(82-91(85)119-105(95)117)96(106(118)120-92)94-88-80-90(110)98(108)100(112)102(88)114(104(94)116)78-70-76-84(73-67-63-59-55-51-47-43-39-35-31-27-23-19-15-11-7-3)74-68-64-60-56-52-48-44-40-36-32-28-24-20-16-12-8-4/h79-84H,5-78H2,1-4H3. The summed E-state index contributed by atoms with van der Waals surface area (Å²) in [5.74, 6) is -6.37. The van der Waals surface area contributed by atoms with Crippen molar-refractivity contribution in [2.24, 2.45) is 11.8 Å². The zero-order valence-electron chi connectivity index (χ0n) is 76.4. The second kappa shape index (κ2) is 62.8. The molecule has 0 saturated heterocycles. The van der Waals surface area contributed by atoms with Gasteiger partial charge in [0.05, 0.1) is 42.6 Å². The van der Waals surface area contributed by atoms with Gasteiger partial charge in [0.2, 0.25) is 0 Å². The molecule has 2 amide bonds. The fraction of sp³-hybridized carbons (Fsp3) is 0.755. The molecule has 3 aromatic carbocycles. The highest BCUT2D eigenvalue weighted by Gasteiger charge is 2.47. The Labute approximate surface area is 745 Å². The molecule has 0 atom stereocenters. The van der Waals surface area contributed by atoms with Crippen LogP contribution in [0.4, 0.5) is 28.9 Å². The zero-order chi connectivity index (χ0) is 85.6. The predicted molar refractivity (Wildman–Crippen MR) is 506 cm³/mol. The van der Waals surface area contributed by atoms with Crippen LogP contribution in [0.25, 0.3) is 22.3 Å². The van der Waals surface area contributed by atoms with E-state index < -0.39 is 56.0 Å². The van der Waals surface area contributed by atoms with Crippen LogP contribution in [0.15, 0.2) is 33.2 Å². The van der Waals surface area contributed by atoms with Gasteiger partial charge in [-0.2, -0.15) is 0 Å². The minimum atomic E-state index is -0.955. The first-order valence-electron chi connectivity index (χ1n) is 50.9. The molecule has 7 rings (SSSR count). The highest BCUT2D eigenvalue weighted by Crippen LogP contribution is 2.54. The van der Waals surface area contributed by atoms with Crippen molar-refractivity contribution in [1.29, 1.82) is 0 Å². The molecule has 8 nitrogen and oxygen atoms in total. The van der Waals surface area contributed by atoms with Gasteiger partial charge in [0.1, 0.15) is 23.1 Å². The van der Waals surface area contributed by atoms with E-state index in [9.17, 15) is 9.59 Å². The monoisotopic (exact) mass is 1800 g/mol. The van der Waals surface area contributed by atoms with Gasteiger partial charge >= 0.3 is 11.9 Å². The summed E-state index contributed by atoms with van der Waals surface area (Å²) >= 11 is 6.25. The minimum Gasteiger partial charge on any atom is -0.422 e. The van der Waals surface area contributed by atoms with Crippen LogP contribution in [0.1, 0.15) is 512 Å². The predicted octanol–water partition coefficient (Wildman–Crippen LogP) is 35.5. The van der Waals surface area contributed by atoms with E-state index in [4.69, 9.17) is 9.47 Å². The van der Waals surface area contributed by atoms with Gasteiger partial charge in [-0.3, -0.25) is 9.59 Å². The third-order valence-electron chi connectivity index (χ3n) is 27.1. The molecule has 0 saturated carbocycles. The molecule has 4 heterocycles. The van der Waals surface area contributed by atoms with Gasteiger partial charge in [0.25, 0.3) is 11.8 Å². The second-order valence-electron chi connectivity index (χ2n) is 37.2. The fourth-order valence-electron chi connectivity index (χ4n) is 19.7. The van der Waals surface area contributed by atoms with Crippen molar-refractivity contribution in [3.8, 4) is 11.5 Å². The number of amides is 2. The summed E-state index contributed by atoms with van der Waals surface area (Å²) < 4.78 is 76.6. The van der Waals surface area contributed by atoms with Gasteiger partial charge in [-0.25, -0.2) is 27.2 Å². The SMILES string of the molecule is CCCCCCCCCCCCCCCCCCC(CCCCCCCCCCCCCCCCCC)CCCN1C(=O)C(=C2C(=O)Oc3cc4c(cc32)OC(=O)C4=C2C(=O)N(CCCC(CCCCCCCCCCCCCCCCCC)CCCCCCCCCCCCCCCCCC)c3c2cc(F)c(Br)c3F)c2cc(F)c(Br)c(F)c21. The van der Waals surface area contributed by atoms with Crippen LogP contribution in [0, 0.1) is 35.1 Å². The van der Waals surface area contributed by atoms with E-state index in [1.807, 2.05) is 0 Å². The summed E-state index contributed by atoms with van der Waals surface area (Å²) in [5, 5.41) is 0. The summed E-state index contributed by atoms with van der Waals surface area (Å²) in [4.78, 5) is 62.1. The van der Waals surface area contributed by atoms with Gasteiger partial charge in [0, 0.05) is 35.3 Å². The Morgan fingerprint density at radius 1 is 0.258 bits per heavy atom.